The molecule has 0 aliphatic heterocycles. The molecule has 2 N–H and O–H groups in total. The molecule has 0 spiro atoms. The molecule has 0 amide bonds. The first-order valence-electron chi connectivity index (χ1n) is 5.12. The number of rotatable bonds is 3. The molecule has 0 saturated carbocycles. The quantitative estimate of drug-likeness (QED) is 0.889. The molecule has 2 heterocycles. The lowest BCUT2D eigenvalue weighted by atomic mass is 10.4. The average Bonchev–Trinajstić information content (AvgIpc) is 2.40. The molecule has 18 heavy (non-hydrogen) atoms. The topological polar surface area (TPSA) is 89.2 Å². The highest BCUT2D eigenvalue weighted by Gasteiger charge is 2.21. The standard InChI is InChI=1S/C11H12N4O2S/c1-15(11-5-4-9(12)7-14-11)18(16,17)10-3-2-6-13-8-10/h2-8H,12H2,1H3. The predicted octanol–water partition coefficient (Wildman–Crippen LogP) is 0.884. The largest absolute Gasteiger partial charge is 0.397 e. The first kappa shape index (κ1) is 12.3. The van der Waals surface area contributed by atoms with Gasteiger partial charge in [0.15, 0.2) is 0 Å². The molecule has 0 aliphatic carbocycles. The van der Waals surface area contributed by atoms with Crippen molar-refractivity contribution in [3.8, 4) is 0 Å². The van der Waals surface area contributed by atoms with E-state index in [1.54, 1.807) is 18.2 Å². The van der Waals surface area contributed by atoms with Crippen molar-refractivity contribution in [3.05, 3.63) is 42.9 Å². The molecule has 0 radical (unpaired) electrons. The van der Waals surface area contributed by atoms with Gasteiger partial charge in [-0.25, -0.2) is 13.4 Å². The Morgan fingerprint density at radius 2 is 2.00 bits per heavy atom. The van der Waals surface area contributed by atoms with Gasteiger partial charge in [-0.1, -0.05) is 0 Å². The van der Waals surface area contributed by atoms with E-state index in [0.717, 1.165) is 4.31 Å². The van der Waals surface area contributed by atoms with Crippen LogP contribution in [0.5, 0.6) is 0 Å². The lowest BCUT2D eigenvalue weighted by Gasteiger charge is -2.18. The number of hydrogen-bond donors (Lipinski definition) is 1. The number of nitrogens with two attached hydrogens (primary N) is 1. The summed E-state index contributed by atoms with van der Waals surface area (Å²) in [4.78, 5) is 7.88. The van der Waals surface area contributed by atoms with Gasteiger partial charge in [0.2, 0.25) is 0 Å². The zero-order valence-corrected chi connectivity index (χ0v) is 10.5. The maximum absolute atomic E-state index is 12.2. The van der Waals surface area contributed by atoms with Gasteiger partial charge in [-0.3, -0.25) is 9.29 Å². The normalized spacial score (nSPS) is 11.2. The summed E-state index contributed by atoms with van der Waals surface area (Å²) in [6, 6.07) is 6.19. The van der Waals surface area contributed by atoms with Crippen molar-refractivity contribution in [2.45, 2.75) is 4.90 Å². The van der Waals surface area contributed by atoms with Crippen LogP contribution in [0.15, 0.2) is 47.8 Å². The van der Waals surface area contributed by atoms with Crippen LogP contribution in [-0.4, -0.2) is 25.4 Å². The van der Waals surface area contributed by atoms with Crippen molar-refractivity contribution in [2.75, 3.05) is 17.1 Å². The molecule has 2 aromatic heterocycles. The van der Waals surface area contributed by atoms with Crippen LogP contribution in [0.25, 0.3) is 0 Å². The van der Waals surface area contributed by atoms with E-state index < -0.39 is 10.0 Å². The van der Waals surface area contributed by atoms with Crippen LogP contribution in [0.1, 0.15) is 0 Å². The Morgan fingerprint density at radius 3 is 2.56 bits per heavy atom. The Kier molecular flexibility index (Phi) is 3.15. The average molecular weight is 264 g/mol. The van der Waals surface area contributed by atoms with E-state index >= 15 is 0 Å². The molecular formula is C11H12N4O2S. The molecule has 0 unspecified atom stereocenters. The molecule has 0 atom stereocenters. The van der Waals surface area contributed by atoms with Gasteiger partial charge in [0.25, 0.3) is 10.0 Å². The van der Waals surface area contributed by atoms with Crippen LogP contribution in [0.4, 0.5) is 11.5 Å². The van der Waals surface area contributed by atoms with Crippen molar-refractivity contribution < 1.29 is 8.42 Å². The predicted molar refractivity (Wildman–Crippen MR) is 68.5 cm³/mol. The van der Waals surface area contributed by atoms with Crippen molar-refractivity contribution >= 4 is 21.5 Å². The summed E-state index contributed by atoms with van der Waals surface area (Å²) in [5.74, 6) is 0.299. The zero-order valence-electron chi connectivity index (χ0n) is 9.69. The SMILES string of the molecule is CN(c1ccc(N)cn1)S(=O)(=O)c1cccnc1. The van der Waals surface area contributed by atoms with E-state index in [4.69, 9.17) is 5.73 Å². The van der Waals surface area contributed by atoms with E-state index in [9.17, 15) is 8.42 Å². The lowest BCUT2D eigenvalue weighted by Crippen LogP contribution is -2.27. The first-order chi connectivity index (χ1) is 8.51. The fraction of sp³-hybridized carbons (Fsp3) is 0.0909. The maximum Gasteiger partial charge on any atom is 0.266 e. The molecule has 94 valence electrons. The summed E-state index contributed by atoms with van der Waals surface area (Å²) in [5.41, 5.74) is 5.98. The van der Waals surface area contributed by atoms with Crippen LogP contribution in [0, 0.1) is 0 Å². The van der Waals surface area contributed by atoms with Crippen molar-refractivity contribution in [1.82, 2.24) is 9.97 Å². The second-order valence-electron chi connectivity index (χ2n) is 3.61. The smallest absolute Gasteiger partial charge is 0.266 e. The number of pyridine rings is 2. The van der Waals surface area contributed by atoms with Gasteiger partial charge in [-0.15, -0.1) is 0 Å². The van der Waals surface area contributed by atoms with Gasteiger partial charge in [0, 0.05) is 19.4 Å². The third-order valence-electron chi connectivity index (χ3n) is 2.39. The Bertz CT molecular complexity index is 626. The summed E-state index contributed by atoms with van der Waals surface area (Å²) >= 11 is 0. The van der Waals surface area contributed by atoms with E-state index in [-0.39, 0.29) is 4.90 Å². The number of nitrogens with zero attached hydrogens (tertiary/aromatic N) is 3. The summed E-state index contributed by atoms with van der Waals surface area (Å²) in [7, 11) is -2.21. The second kappa shape index (κ2) is 4.61. The monoisotopic (exact) mass is 264 g/mol. The van der Waals surface area contributed by atoms with Crippen molar-refractivity contribution in [2.24, 2.45) is 0 Å². The Labute approximate surface area is 105 Å². The first-order valence-corrected chi connectivity index (χ1v) is 6.56. The molecule has 2 aromatic rings. The fourth-order valence-electron chi connectivity index (χ4n) is 1.36. The number of hydrogen-bond acceptors (Lipinski definition) is 5. The number of nitrogen functional groups attached to an aromatic ring is 1. The minimum Gasteiger partial charge on any atom is -0.397 e. The van der Waals surface area contributed by atoms with Crippen molar-refractivity contribution in [1.29, 1.82) is 0 Å². The maximum atomic E-state index is 12.2. The Hall–Kier alpha value is -2.15. The summed E-state index contributed by atoms with van der Waals surface area (Å²) in [6.45, 7) is 0. The molecule has 2 rings (SSSR count). The van der Waals surface area contributed by atoms with E-state index in [1.807, 2.05) is 0 Å². The molecule has 0 aromatic carbocycles. The van der Waals surface area contributed by atoms with E-state index in [2.05, 4.69) is 9.97 Å². The number of aromatic nitrogens is 2. The van der Waals surface area contributed by atoms with Gasteiger partial charge in [0.1, 0.15) is 10.7 Å². The van der Waals surface area contributed by atoms with Gasteiger partial charge in [0.05, 0.1) is 11.9 Å². The van der Waals surface area contributed by atoms with Gasteiger partial charge in [-0.2, -0.15) is 0 Å². The molecule has 7 heteroatoms. The number of anilines is 2. The van der Waals surface area contributed by atoms with Crippen LogP contribution < -0.4 is 10.0 Å². The molecule has 6 nitrogen and oxygen atoms in total. The minimum absolute atomic E-state index is 0.117. The molecular weight excluding hydrogens is 252 g/mol. The molecule has 0 bridgehead atoms. The van der Waals surface area contributed by atoms with Crippen LogP contribution >= 0.6 is 0 Å². The third-order valence-corrected chi connectivity index (χ3v) is 4.13. The van der Waals surface area contributed by atoms with Crippen LogP contribution in [0.2, 0.25) is 0 Å². The van der Waals surface area contributed by atoms with Crippen LogP contribution in [-0.2, 0) is 10.0 Å². The highest BCUT2D eigenvalue weighted by atomic mass is 32.2. The molecule has 0 saturated heterocycles. The highest BCUT2D eigenvalue weighted by molar-refractivity contribution is 7.92. The summed E-state index contributed by atoms with van der Waals surface area (Å²) < 4.78 is 25.6. The molecule has 0 aliphatic rings. The molecule has 0 fully saturated rings. The lowest BCUT2D eigenvalue weighted by molar-refractivity contribution is 0.593. The Morgan fingerprint density at radius 1 is 1.22 bits per heavy atom. The summed E-state index contributed by atoms with van der Waals surface area (Å²) in [5, 5.41) is 0. The van der Waals surface area contributed by atoms with Gasteiger partial charge in [-0.05, 0) is 24.3 Å². The van der Waals surface area contributed by atoms with Gasteiger partial charge < -0.3 is 5.73 Å². The van der Waals surface area contributed by atoms with E-state index in [1.165, 1.54) is 31.7 Å². The zero-order chi connectivity index (χ0) is 13.2. The minimum atomic E-state index is -3.64. The highest BCUT2D eigenvalue weighted by Crippen LogP contribution is 2.19. The fourth-order valence-corrected chi connectivity index (χ4v) is 2.48. The van der Waals surface area contributed by atoms with Gasteiger partial charge >= 0.3 is 0 Å². The summed E-state index contributed by atoms with van der Waals surface area (Å²) in [6.07, 6.45) is 4.22. The third kappa shape index (κ3) is 2.25. The Balaban J connectivity index is 2.39. The van der Waals surface area contributed by atoms with Crippen molar-refractivity contribution in [3.63, 3.8) is 0 Å². The number of sulfonamides is 1. The van der Waals surface area contributed by atoms with Crippen LogP contribution in [0.3, 0.4) is 0 Å². The van der Waals surface area contributed by atoms with E-state index in [0.29, 0.717) is 11.5 Å². The second-order valence-corrected chi connectivity index (χ2v) is 5.58.